The second kappa shape index (κ2) is 5.50. The summed E-state index contributed by atoms with van der Waals surface area (Å²) in [6.45, 7) is 4.00. The van der Waals surface area contributed by atoms with Crippen LogP contribution in [0.4, 0.5) is 4.39 Å². The number of hydrogen-bond acceptors (Lipinski definition) is 0. The summed E-state index contributed by atoms with van der Waals surface area (Å²) in [7, 11) is 0. The Hall–Kier alpha value is -0.370. The van der Waals surface area contributed by atoms with Crippen molar-refractivity contribution >= 4 is 15.9 Å². The van der Waals surface area contributed by atoms with Crippen LogP contribution in [0, 0.1) is 5.82 Å². The molecule has 0 unspecified atom stereocenters. The fraction of sp³-hybridized carbons (Fsp3) is 0.500. The second-order valence-corrected chi connectivity index (χ2v) is 4.21. The lowest BCUT2D eigenvalue weighted by atomic mass is 9.80. The largest absolute Gasteiger partial charge is 0.207 e. The van der Waals surface area contributed by atoms with E-state index in [1.807, 2.05) is 26.0 Å². The molecule has 1 fully saturated rings. The van der Waals surface area contributed by atoms with Crippen molar-refractivity contribution in [3.63, 3.8) is 0 Å². The highest BCUT2D eigenvalue weighted by molar-refractivity contribution is 9.10. The van der Waals surface area contributed by atoms with Crippen LogP contribution < -0.4 is 0 Å². The first-order valence-corrected chi connectivity index (χ1v) is 6.01. The molecule has 1 aromatic rings. The van der Waals surface area contributed by atoms with Gasteiger partial charge in [-0.25, -0.2) is 4.39 Å². The molecule has 0 bridgehead atoms. The molecule has 1 saturated carbocycles. The molecule has 2 heteroatoms. The first-order valence-electron chi connectivity index (χ1n) is 5.22. The van der Waals surface area contributed by atoms with E-state index in [1.54, 1.807) is 6.07 Å². The summed E-state index contributed by atoms with van der Waals surface area (Å²) in [5.41, 5.74) is 0.893. The molecule has 0 atom stereocenters. The molecule has 0 spiro atoms. The van der Waals surface area contributed by atoms with Crippen molar-refractivity contribution in [2.75, 3.05) is 0 Å². The molecule has 14 heavy (non-hydrogen) atoms. The van der Waals surface area contributed by atoms with E-state index >= 15 is 0 Å². The zero-order valence-corrected chi connectivity index (χ0v) is 10.3. The summed E-state index contributed by atoms with van der Waals surface area (Å²) in [6, 6.07) is 5.35. The highest BCUT2D eigenvalue weighted by Gasteiger charge is 2.22. The van der Waals surface area contributed by atoms with Crippen LogP contribution in [0.25, 0.3) is 0 Å². The van der Waals surface area contributed by atoms with E-state index in [4.69, 9.17) is 0 Å². The summed E-state index contributed by atoms with van der Waals surface area (Å²) in [5.74, 6) is 0.423. The van der Waals surface area contributed by atoms with Gasteiger partial charge in [-0.05, 0) is 36.5 Å². The van der Waals surface area contributed by atoms with E-state index in [-0.39, 0.29) is 5.82 Å². The molecular formula is C12H16BrF. The number of halogens is 2. The smallest absolute Gasteiger partial charge is 0.127 e. The minimum Gasteiger partial charge on any atom is -0.207 e. The fourth-order valence-corrected chi connectivity index (χ4v) is 1.88. The molecular weight excluding hydrogens is 243 g/mol. The van der Waals surface area contributed by atoms with Gasteiger partial charge in [0.15, 0.2) is 0 Å². The molecule has 78 valence electrons. The van der Waals surface area contributed by atoms with Gasteiger partial charge < -0.3 is 0 Å². The number of rotatable bonds is 1. The molecule has 1 aliphatic rings. The van der Waals surface area contributed by atoms with Crippen molar-refractivity contribution < 1.29 is 4.39 Å². The highest BCUT2D eigenvalue weighted by Crippen LogP contribution is 2.37. The molecule has 1 aliphatic carbocycles. The van der Waals surface area contributed by atoms with Gasteiger partial charge in [0.1, 0.15) is 5.82 Å². The Balaban J connectivity index is 0.000000461. The SMILES string of the molecule is CC.Fc1cc(Br)ccc1C1CCC1. The third-order valence-electron chi connectivity index (χ3n) is 2.51. The Morgan fingerprint density at radius 3 is 2.36 bits per heavy atom. The normalized spacial score (nSPS) is 15.4. The molecule has 0 nitrogen and oxygen atoms in total. The predicted molar refractivity (Wildman–Crippen MR) is 62.0 cm³/mol. The Labute approximate surface area is 93.7 Å². The minimum absolute atomic E-state index is 0.0610. The lowest BCUT2D eigenvalue weighted by molar-refractivity contribution is 0.404. The van der Waals surface area contributed by atoms with Crippen LogP contribution in [0.5, 0.6) is 0 Å². The Morgan fingerprint density at radius 2 is 1.93 bits per heavy atom. The molecule has 0 amide bonds. The van der Waals surface area contributed by atoms with Crippen LogP contribution in [0.1, 0.15) is 44.6 Å². The second-order valence-electron chi connectivity index (χ2n) is 3.29. The quantitative estimate of drug-likeness (QED) is 0.674. The van der Waals surface area contributed by atoms with Gasteiger partial charge in [-0.15, -0.1) is 0 Å². The van der Waals surface area contributed by atoms with Crippen molar-refractivity contribution in [3.05, 3.63) is 34.1 Å². The third kappa shape index (κ3) is 2.57. The van der Waals surface area contributed by atoms with Crippen LogP contribution in [0.15, 0.2) is 22.7 Å². The molecule has 0 N–H and O–H groups in total. The van der Waals surface area contributed by atoms with E-state index in [9.17, 15) is 4.39 Å². The summed E-state index contributed by atoms with van der Waals surface area (Å²) in [6.07, 6.45) is 3.55. The average molecular weight is 259 g/mol. The van der Waals surface area contributed by atoms with Gasteiger partial charge >= 0.3 is 0 Å². The van der Waals surface area contributed by atoms with Gasteiger partial charge in [0.2, 0.25) is 0 Å². The van der Waals surface area contributed by atoms with Crippen LogP contribution in [-0.2, 0) is 0 Å². The van der Waals surface area contributed by atoms with E-state index < -0.39 is 0 Å². The van der Waals surface area contributed by atoms with Crippen molar-refractivity contribution in [2.45, 2.75) is 39.0 Å². The molecule has 0 heterocycles. The summed E-state index contributed by atoms with van der Waals surface area (Å²) >= 11 is 3.25. The lowest BCUT2D eigenvalue weighted by Crippen LogP contribution is -2.10. The lowest BCUT2D eigenvalue weighted by Gasteiger charge is -2.26. The molecule has 0 aliphatic heterocycles. The Morgan fingerprint density at radius 1 is 1.29 bits per heavy atom. The Kier molecular flexibility index (Phi) is 4.59. The fourth-order valence-electron chi connectivity index (χ4n) is 1.55. The zero-order valence-electron chi connectivity index (χ0n) is 8.69. The van der Waals surface area contributed by atoms with Gasteiger partial charge in [0, 0.05) is 4.47 Å². The van der Waals surface area contributed by atoms with Crippen molar-refractivity contribution in [1.82, 2.24) is 0 Å². The molecule has 1 aromatic carbocycles. The van der Waals surface area contributed by atoms with Crippen LogP contribution in [0.3, 0.4) is 0 Å². The molecule has 0 radical (unpaired) electrons. The summed E-state index contributed by atoms with van der Waals surface area (Å²) in [5, 5.41) is 0. The first-order chi connectivity index (χ1) is 6.77. The standard InChI is InChI=1S/C10H10BrF.C2H6/c11-8-4-5-9(10(12)6-8)7-2-1-3-7;1-2/h4-7H,1-3H2;1-2H3. The van der Waals surface area contributed by atoms with E-state index in [1.165, 1.54) is 6.42 Å². The van der Waals surface area contributed by atoms with E-state index in [0.717, 1.165) is 22.9 Å². The van der Waals surface area contributed by atoms with Crippen LogP contribution in [0.2, 0.25) is 0 Å². The van der Waals surface area contributed by atoms with Gasteiger partial charge in [0.25, 0.3) is 0 Å². The van der Waals surface area contributed by atoms with Gasteiger partial charge in [0.05, 0.1) is 0 Å². The number of benzene rings is 1. The Bertz CT molecular complexity index is 292. The average Bonchev–Trinajstić information content (AvgIpc) is 2.10. The maximum atomic E-state index is 13.3. The van der Waals surface area contributed by atoms with Crippen LogP contribution >= 0.6 is 15.9 Å². The highest BCUT2D eigenvalue weighted by atomic mass is 79.9. The van der Waals surface area contributed by atoms with Crippen molar-refractivity contribution in [3.8, 4) is 0 Å². The van der Waals surface area contributed by atoms with Crippen molar-refractivity contribution in [2.24, 2.45) is 0 Å². The monoisotopic (exact) mass is 258 g/mol. The van der Waals surface area contributed by atoms with Crippen molar-refractivity contribution in [1.29, 1.82) is 0 Å². The van der Waals surface area contributed by atoms with Gasteiger partial charge in [-0.3, -0.25) is 0 Å². The molecule has 0 saturated heterocycles. The zero-order chi connectivity index (χ0) is 10.6. The minimum atomic E-state index is -0.0610. The molecule has 0 aromatic heterocycles. The van der Waals surface area contributed by atoms with Crippen LogP contribution in [-0.4, -0.2) is 0 Å². The van der Waals surface area contributed by atoms with Gasteiger partial charge in [-0.1, -0.05) is 42.3 Å². The summed E-state index contributed by atoms with van der Waals surface area (Å²) < 4.78 is 14.1. The third-order valence-corrected chi connectivity index (χ3v) is 3.00. The predicted octanol–water partition coefficient (Wildman–Crippen LogP) is 4.88. The molecule has 2 rings (SSSR count). The number of hydrogen-bond donors (Lipinski definition) is 0. The topological polar surface area (TPSA) is 0 Å². The maximum absolute atomic E-state index is 13.3. The first kappa shape index (κ1) is 11.7. The summed E-state index contributed by atoms with van der Waals surface area (Å²) in [4.78, 5) is 0. The maximum Gasteiger partial charge on any atom is 0.127 e. The van der Waals surface area contributed by atoms with E-state index in [0.29, 0.717) is 5.92 Å². The van der Waals surface area contributed by atoms with E-state index in [2.05, 4.69) is 15.9 Å². The van der Waals surface area contributed by atoms with Gasteiger partial charge in [-0.2, -0.15) is 0 Å².